The molecule has 1 aromatic carbocycles. The molecule has 1 fully saturated rings. The molecule has 3 heterocycles. The molecule has 0 radical (unpaired) electrons. The summed E-state index contributed by atoms with van der Waals surface area (Å²) in [6.07, 6.45) is 3.95. The molecule has 0 spiro atoms. The number of nitrogens with zero attached hydrogens (tertiary/aromatic N) is 3. The largest absolute Gasteiger partial charge is 0.379 e. The third kappa shape index (κ3) is 2.87. The molecule has 4 rings (SSSR count). The molecule has 1 saturated heterocycles. The number of morpholine rings is 1. The summed E-state index contributed by atoms with van der Waals surface area (Å²) in [5.74, 6) is 0.0153. The Balaban J connectivity index is 1.49. The van der Waals surface area contributed by atoms with Crippen LogP contribution in [0.1, 0.15) is 15.9 Å². The zero-order valence-electron chi connectivity index (χ0n) is 13.0. The molecule has 2 aliphatic rings. The van der Waals surface area contributed by atoms with Crippen LogP contribution in [0.3, 0.4) is 0 Å². The second kappa shape index (κ2) is 6.14. The maximum atomic E-state index is 11.8. The average Bonchev–Trinajstić information content (AvgIpc) is 3.21. The summed E-state index contributed by atoms with van der Waals surface area (Å²) >= 11 is 0. The minimum atomic E-state index is 0.0153. The Morgan fingerprint density at radius 1 is 1.17 bits per heavy atom. The van der Waals surface area contributed by atoms with Gasteiger partial charge in [0.1, 0.15) is 0 Å². The number of hydrogen-bond acceptors (Lipinski definition) is 4. The second-order valence-corrected chi connectivity index (χ2v) is 5.96. The number of amides is 1. The Kier molecular flexibility index (Phi) is 3.85. The molecule has 0 saturated carbocycles. The molecular weight excluding hydrogens is 292 g/mol. The lowest BCUT2D eigenvalue weighted by Gasteiger charge is -2.26. The summed E-state index contributed by atoms with van der Waals surface area (Å²) < 4.78 is 7.35. The monoisotopic (exact) mass is 312 g/mol. The highest BCUT2D eigenvalue weighted by Crippen LogP contribution is 2.28. The molecule has 0 atom stereocenters. The second-order valence-electron chi connectivity index (χ2n) is 5.96. The molecule has 0 unspecified atom stereocenters. The van der Waals surface area contributed by atoms with Gasteiger partial charge in [-0.15, -0.1) is 0 Å². The van der Waals surface area contributed by atoms with Gasteiger partial charge in [-0.05, 0) is 17.2 Å². The van der Waals surface area contributed by atoms with Crippen molar-refractivity contribution in [2.24, 2.45) is 0 Å². The number of ether oxygens (including phenoxy) is 1. The smallest absolute Gasteiger partial charge is 0.251 e. The topological polar surface area (TPSA) is 59.4 Å². The van der Waals surface area contributed by atoms with Crippen LogP contribution in [-0.4, -0.2) is 53.4 Å². The lowest BCUT2D eigenvalue weighted by atomic mass is 9.99. The fourth-order valence-corrected chi connectivity index (χ4v) is 3.22. The van der Waals surface area contributed by atoms with Crippen molar-refractivity contribution in [2.45, 2.75) is 13.1 Å². The van der Waals surface area contributed by atoms with Crippen molar-refractivity contribution in [3.05, 3.63) is 41.7 Å². The molecule has 1 aromatic heterocycles. The van der Waals surface area contributed by atoms with Gasteiger partial charge >= 0.3 is 0 Å². The van der Waals surface area contributed by atoms with Gasteiger partial charge in [-0.25, -0.2) is 0 Å². The summed E-state index contributed by atoms with van der Waals surface area (Å²) in [6.45, 7) is 6.08. The number of nitrogens with one attached hydrogen (secondary N) is 1. The first-order valence-corrected chi connectivity index (χ1v) is 8.04. The van der Waals surface area contributed by atoms with Crippen LogP contribution < -0.4 is 5.32 Å². The fraction of sp³-hybridized carbons (Fsp3) is 0.412. The van der Waals surface area contributed by atoms with Gasteiger partial charge in [0.15, 0.2) is 0 Å². The molecule has 2 aliphatic heterocycles. The summed E-state index contributed by atoms with van der Waals surface area (Å²) in [4.78, 5) is 14.2. The van der Waals surface area contributed by atoms with Gasteiger partial charge in [-0.2, -0.15) is 5.10 Å². The number of benzene rings is 1. The number of rotatable bonds is 4. The van der Waals surface area contributed by atoms with E-state index in [4.69, 9.17) is 4.74 Å². The third-order valence-corrected chi connectivity index (χ3v) is 4.54. The maximum Gasteiger partial charge on any atom is 0.251 e. The number of fused-ring (bicyclic) bond motifs is 1. The molecule has 1 amide bonds. The molecule has 2 aromatic rings. The van der Waals surface area contributed by atoms with Crippen LogP contribution in [0.25, 0.3) is 11.1 Å². The van der Waals surface area contributed by atoms with Gasteiger partial charge in [0.25, 0.3) is 5.91 Å². The molecule has 0 aliphatic carbocycles. The van der Waals surface area contributed by atoms with Gasteiger partial charge in [0.05, 0.1) is 26.0 Å². The summed E-state index contributed by atoms with van der Waals surface area (Å²) in [5, 5.41) is 7.36. The zero-order valence-corrected chi connectivity index (χ0v) is 13.0. The van der Waals surface area contributed by atoms with E-state index in [1.165, 1.54) is 0 Å². The highest BCUT2D eigenvalue weighted by molar-refractivity contribution is 6.00. The van der Waals surface area contributed by atoms with E-state index in [1.54, 1.807) is 0 Å². The van der Waals surface area contributed by atoms with Crippen LogP contribution in [-0.2, 0) is 17.8 Å². The molecule has 0 bridgehead atoms. The lowest BCUT2D eigenvalue weighted by molar-refractivity contribution is 0.0360. The molecule has 6 heteroatoms. The van der Waals surface area contributed by atoms with E-state index in [0.717, 1.165) is 61.6 Å². The Hall–Kier alpha value is -2.18. The highest BCUT2D eigenvalue weighted by atomic mass is 16.5. The summed E-state index contributed by atoms with van der Waals surface area (Å²) in [5.41, 5.74) is 4.02. The Labute approximate surface area is 135 Å². The van der Waals surface area contributed by atoms with Crippen molar-refractivity contribution in [1.82, 2.24) is 20.0 Å². The van der Waals surface area contributed by atoms with Crippen molar-refractivity contribution in [1.29, 1.82) is 0 Å². The van der Waals surface area contributed by atoms with Crippen molar-refractivity contribution in [2.75, 3.05) is 32.8 Å². The maximum absolute atomic E-state index is 11.8. The van der Waals surface area contributed by atoms with Crippen LogP contribution in [0.5, 0.6) is 0 Å². The molecule has 1 N–H and O–H groups in total. The SMILES string of the molecule is O=C1NCc2c1cccc2-c1cnn(CCN2CCOCC2)c1. The normalized spacial score (nSPS) is 18.0. The summed E-state index contributed by atoms with van der Waals surface area (Å²) in [7, 11) is 0. The Morgan fingerprint density at radius 2 is 2.00 bits per heavy atom. The van der Waals surface area contributed by atoms with Crippen LogP contribution in [0.15, 0.2) is 30.6 Å². The highest BCUT2D eigenvalue weighted by Gasteiger charge is 2.22. The van der Waals surface area contributed by atoms with Gasteiger partial charge in [-0.1, -0.05) is 12.1 Å². The van der Waals surface area contributed by atoms with E-state index in [2.05, 4.69) is 27.6 Å². The van der Waals surface area contributed by atoms with Crippen LogP contribution in [0.4, 0.5) is 0 Å². The quantitative estimate of drug-likeness (QED) is 0.919. The third-order valence-electron chi connectivity index (χ3n) is 4.54. The van der Waals surface area contributed by atoms with Crippen LogP contribution in [0, 0.1) is 0 Å². The number of aromatic nitrogens is 2. The van der Waals surface area contributed by atoms with Crippen LogP contribution in [0.2, 0.25) is 0 Å². The first-order chi connectivity index (χ1) is 11.3. The van der Waals surface area contributed by atoms with E-state index in [-0.39, 0.29) is 5.91 Å². The molecule has 120 valence electrons. The number of hydrogen-bond donors (Lipinski definition) is 1. The first-order valence-electron chi connectivity index (χ1n) is 8.04. The summed E-state index contributed by atoms with van der Waals surface area (Å²) in [6, 6.07) is 5.87. The van der Waals surface area contributed by atoms with E-state index in [1.807, 2.05) is 23.0 Å². The number of carbonyl (C=O) groups excluding carboxylic acids is 1. The molecule has 23 heavy (non-hydrogen) atoms. The fourth-order valence-electron chi connectivity index (χ4n) is 3.22. The average molecular weight is 312 g/mol. The minimum Gasteiger partial charge on any atom is -0.379 e. The number of carbonyl (C=O) groups is 1. The zero-order chi connectivity index (χ0) is 15.6. The Morgan fingerprint density at radius 3 is 2.87 bits per heavy atom. The van der Waals surface area contributed by atoms with E-state index in [9.17, 15) is 4.79 Å². The van der Waals surface area contributed by atoms with Gasteiger partial charge in [-0.3, -0.25) is 14.4 Å². The van der Waals surface area contributed by atoms with Gasteiger partial charge in [0.2, 0.25) is 0 Å². The van der Waals surface area contributed by atoms with Gasteiger partial charge in [0, 0.05) is 43.5 Å². The lowest BCUT2D eigenvalue weighted by Crippen LogP contribution is -2.38. The van der Waals surface area contributed by atoms with Crippen molar-refractivity contribution >= 4 is 5.91 Å². The van der Waals surface area contributed by atoms with Crippen molar-refractivity contribution in [3.63, 3.8) is 0 Å². The van der Waals surface area contributed by atoms with E-state index >= 15 is 0 Å². The van der Waals surface area contributed by atoms with Gasteiger partial charge < -0.3 is 10.1 Å². The standard InChI is InChI=1S/C17H20N4O2/c22-17-15-3-1-2-14(16(15)11-18-17)13-10-19-21(12-13)5-4-20-6-8-23-9-7-20/h1-3,10,12H,4-9,11H2,(H,18,22). The molecule has 6 nitrogen and oxygen atoms in total. The Bertz CT molecular complexity index is 719. The predicted molar refractivity (Wildman–Crippen MR) is 86.1 cm³/mol. The van der Waals surface area contributed by atoms with Crippen molar-refractivity contribution < 1.29 is 9.53 Å². The molecular formula is C17H20N4O2. The van der Waals surface area contributed by atoms with E-state index < -0.39 is 0 Å². The first kappa shape index (κ1) is 14.4. The van der Waals surface area contributed by atoms with E-state index in [0.29, 0.717) is 6.54 Å². The van der Waals surface area contributed by atoms with Crippen LogP contribution >= 0.6 is 0 Å². The van der Waals surface area contributed by atoms with Crippen molar-refractivity contribution in [3.8, 4) is 11.1 Å². The predicted octanol–water partition coefficient (Wildman–Crippen LogP) is 1.13. The minimum absolute atomic E-state index is 0.0153.